The molecule has 1 unspecified atom stereocenters. The molecule has 1 aromatic carbocycles. The summed E-state index contributed by atoms with van der Waals surface area (Å²) in [5.41, 5.74) is 2.29. The van der Waals surface area contributed by atoms with E-state index in [0.29, 0.717) is 13.2 Å². The maximum absolute atomic E-state index is 5.10. The van der Waals surface area contributed by atoms with Gasteiger partial charge in [0.1, 0.15) is 0 Å². The average Bonchev–Trinajstić information content (AvgIpc) is 2.86. The fraction of sp³-hybridized carbons (Fsp3) is 0.400. The molecule has 108 valence electrons. The van der Waals surface area contributed by atoms with E-state index in [4.69, 9.17) is 4.74 Å². The zero-order chi connectivity index (χ0) is 14.4. The van der Waals surface area contributed by atoms with Gasteiger partial charge in [0.05, 0.1) is 13.2 Å². The minimum Gasteiger partial charge on any atom is -0.383 e. The largest absolute Gasteiger partial charge is 0.383 e. The number of aromatic amines is 1. The number of H-pyrrole nitrogens is 1. The standard InChI is InChI=1S/C15H22N4O/c1-11(10-20-3)18-15(16-2)17-9-13-8-12-6-4-5-7-14(12)19-13/h4-8,11,19H,9-10H2,1-3H3,(H2,16,17,18). The van der Waals surface area contributed by atoms with Crippen molar-refractivity contribution in [2.45, 2.75) is 19.5 Å². The molecule has 0 bridgehead atoms. The highest BCUT2D eigenvalue weighted by Crippen LogP contribution is 2.14. The first-order chi connectivity index (χ1) is 9.72. The Morgan fingerprint density at radius 3 is 2.90 bits per heavy atom. The Balaban J connectivity index is 1.92. The lowest BCUT2D eigenvalue weighted by Crippen LogP contribution is -2.43. The van der Waals surface area contributed by atoms with Crippen LogP contribution in [0.4, 0.5) is 0 Å². The van der Waals surface area contributed by atoms with Crippen LogP contribution in [0.3, 0.4) is 0 Å². The number of rotatable bonds is 5. The molecule has 0 spiro atoms. The van der Waals surface area contributed by atoms with Crippen molar-refractivity contribution >= 4 is 16.9 Å². The number of para-hydroxylation sites is 1. The number of nitrogens with zero attached hydrogens (tertiary/aromatic N) is 1. The Morgan fingerprint density at radius 2 is 2.20 bits per heavy atom. The molecule has 0 radical (unpaired) electrons. The Kier molecular flexibility index (Phi) is 5.01. The van der Waals surface area contributed by atoms with Crippen LogP contribution in [0.2, 0.25) is 0 Å². The number of hydrogen-bond acceptors (Lipinski definition) is 2. The molecule has 0 amide bonds. The van der Waals surface area contributed by atoms with Crippen LogP contribution in [0.25, 0.3) is 10.9 Å². The molecule has 1 atom stereocenters. The number of nitrogens with one attached hydrogen (secondary N) is 3. The minimum absolute atomic E-state index is 0.217. The molecule has 2 aromatic rings. The molecule has 1 aromatic heterocycles. The third kappa shape index (κ3) is 3.74. The Hall–Kier alpha value is -2.01. The van der Waals surface area contributed by atoms with Crippen molar-refractivity contribution in [1.29, 1.82) is 0 Å². The maximum atomic E-state index is 5.10. The number of aromatic nitrogens is 1. The van der Waals surface area contributed by atoms with E-state index in [1.165, 1.54) is 5.39 Å². The summed E-state index contributed by atoms with van der Waals surface area (Å²) in [5.74, 6) is 0.771. The molecular formula is C15H22N4O. The summed E-state index contributed by atoms with van der Waals surface area (Å²) >= 11 is 0. The van der Waals surface area contributed by atoms with Crippen LogP contribution in [0.1, 0.15) is 12.6 Å². The molecule has 0 saturated heterocycles. The van der Waals surface area contributed by atoms with E-state index in [0.717, 1.165) is 17.2 Å². The van der Waals surface area contributed by atoms with Crippen molar-refractivity contribution < 1.29 is 4.74 Å². The summed E-state index contributed by atoms with van der Waals surface area (Å²) < 4.78 is 5.10. The van der Waals surface area contributed by atoms with Crippen LogP contribution in [0.15, 0.2) is 35.3 Å². The molecule has 0 aliphatic carbocycles. The van der Waals surface area contributed by atoms with E-state index in [-0.39, 0.29) is 6.04 Å². The zero-order valence-electron chi connectivity index (χ0n) is 12.2. The number of guanidine groups is 1. The second-order valence-electron chi connectivity index (χ2n) is 4.81. The molecule has 5 heteroatoms. The summed E-state index contributed by atoms with van der Waals surface area (Å²) in [6, 6.07) is 10.6. The predicted octanol–water partition coefficient (Wildman–Crippen LogP) is 1.87. The molecular weight excluding hydrogens is 252 g/mol. The zero-order valence-corrected chi connectivity index (χ0v) is 12.2. The normalized spacial score (nSPS) is 13.4. The molecule has 0 aliphatic heterocycles. The van der Waals surface area contributed by atoms with E-state index in [1.54, 1.807) is 14.2 Å². The SMILES string of the molecule is CN=C(NCc1cc2ccccc2[nH]1)NC(C)COC. The van der Waals surface area contributed by atoms with Crippen LogP contribution < -0.4 is 10.6 Å². The van der Waals surface area contributed by atoms with Gasteiger partial charge in [-0.3, -0.25) is 4.99 Å². The summed E-state index contributed by atoms with van der Waals surface area (Å²) in [5, 5.41) is 7.78. The van der Waals surface area contributed by atoms with Crippen molar-refractivity contribution in [3.05, 3.63) is 36.0 Å². The lowest BCUT2D eigenvalue weighted by Gasteiger charge is -2.16. The van der Waals surface area contributed by atoms with Gasteiger partial charge >= 0.3 is 0 Å². The number of ether oxygens (including phenoxy) is 1. The van der Waals surface area contributed by atoms with Gasteiger partial charge in [-0.25, -0.2) is 0 Å². The highest BCUT2D eigenvalue weighted by Gasteiger charge is 2.05. The Labute approximate surface area is 119 Å². The van der Waals surface area contributed by atoms with Gasteiger partial charge in [-0.2, -0.15) is 0 Å². The number of hydrogen-bond donors (Lipinski definition) is 3. The van der Waals surface area contributed by atoms with Gasteiger partial charge in [0.25, 0.3) is 0 Å². The first-order valence-electron chi connectivity index (χ1n) is 6.75. The lowest BCUT2D eigenvalue weighted by molar-refractivity contribution is 0.179. The summed E-state index contributed by atoms with van der Waals surface area (Å²) in [6.07, 6.45) is 0. The van der Waals surface area contributed by atoms with Gasteiger partial charge in [-0.1, -0.05) is 18.2 Å². The summed E-state index contributed by atoms with van der Waals surface area (Å²) in [4.78, 5) is 7.59. The summed E-state index contributed by atoms with van der Waals surface area (Å²) in [7, 11) is 3.46. The van der Waals surface area contributed by atoms with Gasteiger partial charge in [0, 0.05) is 31.4 Å². The monoisotopic (exact) mass is 274 g/mol. The van der Waals surface area contributed by atoms with Crippen molar-refractivity contribution in [1.82, 2.24) is 15.6 Å². The van der Waals surface area contributed by atoms with Crippen LogP contribution in [0, 0.1) is 0 Å². The second-order valence-corrected chi connectivity index (χ2v) is 4.81. The fourth-order valence-electron chi connectivity index (χ4n) is 2.13. The third-order valence-corrected chi connectivity index (χ3v) is 3.06. The first kappa shape index (κ1) is 14.4. The van der Waals surface area contributed by atoms with Crippen molar-refractivity contribution in [3.8, 4) is 0 Å². The predicted molar refractivity (Wildman–Crippen MR) is 83.0 cm³/mol. The molecule has 3 N–H and O–H groups in total. The highest BCUT2D eigenvalue weighted by molar-refractivity contribution is 5.81. The lowest BCUT2D eigenvalue weighted by atomic mass is 10.2. The van der Waals surface area contributed by atoms with Crippen molar-refractivity contribution in [3.63, 3.8) is 0 Å². The third-order valence-electron chi connectivity index (χ3n) is 3.06. The Morgan fingerprint density at radius 1 is 1.40 bits per heavy atom. The van der Waals surface area contributed by atoms with Gasteiger partial charge in [0.2, 0.25) is 0 Å². The van der Waals surface area contributed by atoms with Crippen molar-refractivity contribution in [2.24, 2.45) is 4.99 Å². The maximum Gasteiger partial charge on any atom is 0.191 e. The van der Waals surface area contributed by atoms with Gasteiger partial charge in [-0.05, 0) is 24.4 Å². The van der Waals surface area contributed by atoms with E-state index in [1.807, 2.05) is 12.1 Å². The van der Waals surface area contributed by atoms with Gasteiger partial charge in [-0.15, -0.1) is 0 Å². The number of aliphatic imine (C=N–C) groups is 1. The van der Waals surface area contributed by atoms with Gasteiger partial charge in [0.15, 0.2) is 5.96 Å². The number of benzene rings is 1. The molecule has 0 saturated carbocycles. The van der Waals surface area contributed by atoms with Gasteiger partial charge < -0.3 is 20.4 Å². The molecule has 0 fully saturated rings. The molecule has 2 rings (SSSR count). The molecule has 20 heavy (non-hydrogen) atoms. The van der Waals surface area contributed by atoms with Crippen LogP contribution in [-0.2, 0) is 11.3 Å². The van der Waals surface area contributed by atoms with E-state index in [2.05, 4.69) is 45.7 Å². The average molecular weight is 274 g/mol. The highest BCUT2D eigenvalue weighted by atomic mass is 16.5. The quantitative estimate of drug-likeness (QED) is 0.576. The number of fused-ring (bicyclic) bond motifs is 1. The van der Waals surface area contributed by atoms with Crippen LogP contribution >= 0.6 is 0 Å². The Bertz CT molecular complexity index is 543. The summed E-state index contributed by atoms with van der Waals surface area (Å²) in [6.45, 7) is 3.40. The topological polar surface area (TPSA) is 61.4 Å². The molecule has 1 heterocycles. The van der Waals surface area contributed by atoms with E-state index in [9.17, 15) is 0 Å². The number of methoxy groups -OCH3 is 1. The fourth-order valence-corrected chi connectivity index (χ4v) is 2.13. The molecule has 0 aliphatic rings. The second kappa shape index (κ2) is 6.96. The van der Waals surface area contributed by atoms with Crippen LogP contribution in [-0.4, -0.2) is 37.7 Å². The molecule has 5 nitrogen and oxygen atoms in total. The van der Waals surface area contributed by atoms with Crippen molar-refractivity contribution in [2.75, 3.05) is 20.8 Å². The van der Waals surface area contributed by atoms with Crippen LogP contribution in [0.5, 0.6) is 0 Å². The van der Waals surface area contributed by atoms with E-state index >= 15 is 0 Å². The minimum atomic E-state index is 0.217. The van der Waals surface area contributed by atoms with E-state index < -0.39 is 0 Å². The smallest absolute Gasteiger partial charge is 0.191 e. The first-order valence-corrected chi connectivity index (χ1v) is 6.75.